The molecule has 2 nitrogen and oxygen atoms in total. The third-order valence-electron chi connectivity index (χ3n) is 2.58. The van der Waals surface area contributed by atoms with Gasteiger partial charge in [-0.2, -0.15) is 0 Å². The van der Waals surface area contributed by atoms with Gasteiger partial charge in [0.1, 0.15) is 5.75 Å². The van der Waals surface area contributed by atoms with Gasteiger partial charge < -0.3 is 10.1 Å². The van der Waals surface area contributed by atoms with Crippen LogP contribution < -0.4 is 10.1 Å². The Morgan fingerprint density at radius 3 is 2.29 bits per heavy atom. The summed E-state index contributed by atoms with van der Waals surface area (Å²) in [7, 11) is 0. The fourth-order valence-corrected chi connectivity index (χ4v) is 1.72. The van der Waals surface area contributed by atoms with Crippen LogP contribution in [-0.2, 0) is 0 Å². The SMILES string of the molecule is CC(C)CN[C@@H](C)c1ccccc1OC(C)C. The zero-order chi connectivity index (χ0) is 12.8. The van der Waals surface area contributed by atoms with E-state index in [0.29, 0.717) is 12.0 Å². The van der Waals surface area contributed by atoms with Gasteiger partial charge in [0, 0.05) is 11.6 Å². The molecule has 0 aliphatic heterocycles. The highest BCUT2D eigenvalue weighted by Crippen LogP contribution is 2.25. The van der Waals surface area contributed by atoms with Crippen LogP contribution >= 0.6 is 0 Å². The Bertz CT molecular complexity index is 333. The third-order valence-corrected chi connectivity index (χ3v) is 2.58. The molecule has 0 aliphatic rings. The van der Waals surface area contributed by atoms with Crippen molar-refractivity contribution in [2.24, 2.45) is 5.92 Å². The van der Waals surface area contributed by atoms with Gasteiger partial charge in [-0.1, -0.05) is 32.0 Å². The van der Waals surface area contributed by atoms with Crippen LogP contribution in [0.3, 0.4) is 0 Å². The summed E-state index contributed by atoms with van der Waals surface area (Å²) < 4.78 is 5.83. The topological polar surface area (TPSA) is 21.3 Å². The normalized spacial score (nSPS) is 13.1. The Morgan fingerprint density at radius 1 is 1.06 bits per heavy atom. The molecule has 0 unspecified atom stereocenters. The molecule has 0 radical (unpaired) electrons. The minimum atomic E-state index is 0.216. The molecule has 0 saturated heterocycles. The van der Waals surface area contributed by atoms with Gasteiger partial charge in [0.25, 0.3) is 0 Å². The van der Waals surface area contributed by atoms with Gasteiger partial charge in [-0.3, -0.25) is 0 Å². The molecule has 0 bridgehead atoms. The quantitative estimate of drug-likeness (QED) is 0.810. The molecule has 0 fully saturated rings. The van der Waals surface area contributed by atoms with Crippen LogP contribution in [0.15, 0.2) is 24.3 Å². The molecule has 17 heavy (non-hydrogen) atoms. The van der Waals surface area contributed by atoms with Gasteiger partial charge in [0.05, 0.1) is 6.10 Å². The number of para-hydroxylation sites is 1. The lowest BCUT2D eigenvalue weighted by Gasteiger charge is -2.20. The van der Waals surface area contributed by atoms with E-state index >= 15 is 0 Å². The first-order valence-electron chi connectivity index (χ1n) is 6.49. The maximum atomic E-state index is 5.83. The second-order valence-corrected chi connectivity index (χ2v) is 5.23. The molecule has 0 aromatic heterocycles. The average Bonchev–Trinajstić information content (AvgIpc) is 2.25. The maximum absolute atomic E-state index is 5.83. The number of nitrogens with one attached hydrogen (secondary N) is 1. The summed E-state index contributed by atoms with van der Waals surface area (Å²) in [5.74, 6) is 1.65. The Kier molecular flexibility index (Phi) is 5.49. The Hall–Kier alpha value is -1.02. The summed E-state index contributed by atoms with van der Waals surface area (Å²) in [6, 6.07) is 8.60. The lowest BCUT2D eigenvalue weighted by atomic mass is 10.1. The second kappa shape index (κ2) is 6.65. The molecular formula is C15H25NO. The van der Waals surface area contributed by atoms with Gasteiger partial charge in [0.2, 0.25) is 0 Å². The van der Waals surface area contributed by atoms with E-state index in [1.54, 1.807) is 0 Å². The fourth-order valence-electron chi connectivity index (χ4n) is 1.72. The number of benzene rings is 1. The highest BCUT2D eigenvalue weighted by molar-refractivity contribution is 5.35. The molecule has 0 spiro atoms. The van der Waals surface area contributed by atoms with Crippen molar-refractivity contribution < 1.29 is 4.74 Å². The van der Waals surface area contributed by atoms with E-state index in [0.717, 1.165) is 12.3 Å². The lowest BCUT2D eigenvalue weighted by molar-refractivity contribution is 0.238. The van der Waals surface area contributed by atoms with Gasteiger partial charge in [-0.25, -0.2) is 0 Å². The summed E-state index contributed by atoms with van der Waals surface area (Å²) in [6.45, 7) is 11.8. The third kappa shape index (κ3) is 4.78. The molecule has 0 aliphatic carbocycles. The second-order valence-electron chi connectivity index (χ2n) is 5.23. The van der Waals surface area contributed by atoms with E-state index in [2.05, 4.69) is 52.1 Å². The van der Waals surface area contributed by atoms with Crippen molar-refractivity contribution in [3.8, 4) is 5.75 Å². The summed E-state index contributed by atoms with van der Waals surface area (Å²) >= 11 is 0. The highest BCUT2D eigenvalue weighted by Gasteiger charge is 2.11. The van der Waals surface area contributed by atoms with E-state index < -0.39 is 0 Å². The van der Waals surface area contributed by atoms with E-state index in [1.165, 1.54) is 5.56 Å². The van der Waals surface area contributed by atoms with E-state index in [4.69, 9.17) is 4.74 Å². The van der Waals surface area contributed by atoms with Crippen LogP contribution in [0.2, 0.25) is 0 Å². The molecule has 1 aromatic carbocycles. The van der Waals surface area contributed by atoms with Crippen molar-refractivity contribution in [3.05, 3.63) is 29.8 Å². The molecule has 1 atom stereocenters. The maximum Gasteiger partial charge on any atom is 0.124 e. The predicted octanol–water partition coefficient (Wildman–Crippen LogP) is 3.78. The van der Waals surface area contributed by atoms with Crippen molar-refractivity contribution in [2.75, 3.05) is 6.54 Å². The van der Waals surface area contributed by atoms with E-state index in [-0.39, 0.29) is 6.10 Å². The Labute approximate surface area is 105 Å². The first-order chi connectivity index (χ1) is 8.00. The number of hydrogen-bond donors (Lipinski definition) is 1. The first kappa shape index (κ1) is 14.0. The van der Waals surface area contributed by atoms with Gasteiger partial charge >= 0.3 is 0 Å². The van der Waals surface area contributed by atoms with Crippen molar-refractivity contribution >= 4 is 0 Å². The molecule has 0 amide bonds. The average molecular weight is 235 g/mol. The zero-order valence-electron chi connectivity index (χ0n) is 11.7. The van der Waals surface area contributed by atoms with Gasteiger partial charge in [-0.15, -0.1) is 0 Å². The van der Waals surface area contributed by atoms with Crippen molar-refractivity contribution in [1.82, 2.24) is 5.32 Å². The first-order valence-corrected chi connectivity index (χ1v) is 6.49. The van der Waals surface area contributed by atoms with Crippen LogP contribution in [0.25, 0.3) is 0 Å². The molecule has 2 heteroatoms. The van der Waals surface area contributed by atoms with E-state index in [1.807, 2.05) is 12.1 Å². The molecule has 0 heterocycles. The van der Waals surface area contributed by atoms with Gasteiger partial charge in [0.15, 0.2) is 0 Å². The Morgan fingerprint density at radius 2 is 1.71 bits per heavy atom. The molecular weight excluding hydrogens is 210 g/mol. The molecule has 1 rings (SSSR count). The summed E-state index contributed by atoms with van der Waals surface area (Å²) in [4.78, 5) is 0. The van der Waals surface area contributed by atoms with Crippen molar-refractivity contribution in [1.29, 1.82) is 0 Å². The summed E-state index contributed by atoms with van der Waals surface area (Å²) in [6.07, 6.45) is 0.216. The van der Waals surface area contributed by atoms with Crippen LogP contribution in [0.1, 0.15) is 46.2 Å². The largest absolute Gasteiger partial charge is 0.491 e. The highest BCUT2D eigenvalue weighted by atomic mass is 16.5. The lowest BCUT2D eigenvalue weighted by Crippen LogP contribution is -2.24. The summed E-state index contributed by atoms with van der Waals surface area (Å²) in [5.41, 5.74) is 1.24. The number of ether oxygens (including phenoxy) is 1. The minimum absolute atomic E-state index is 0.216. The summed E-state index contributed by atoms with van der Waals surface area (Å²) in [5, 5.41) is 3.53. The smallest absolute Gasteiger partial charge is 0.124 e. The Balaban J connectivity index is 2.74. The molecule has 1 aromatic rings. The molecule has 1 N–H and O–H groups in total. The number of hydrogen-bond acceptors (Lipinski definition) is 2. The van der Waals surface area contributed by atoms with Crippen molar-refractivity contribution in [3.63, 3.8) is 0 Å². The van der Waals surface area contributed by atoms with Crippen LogP contribution in [0.4, 0.5) is 0 Å². The fraction of sp³-hybridized carbons (Fsp3) is 0.600. The standard InChI is InChI=1S/C15H25NO/c1-11(2)10-16-13(5)14-8-6-7-9-15(14)17-12(3)4/h6-9,11-13,16H,10H2,1-5H3/t13-/m0/s1. The van der Waals surface area contributed by atoms with Crippen LogP contribution in [0, 0.1) is 5.92 Å². The van der Waals surface area contributed by atoms with Crippen LogP contribution in [-0.4, -0.2) is 12.6 Å². The van der Waals surface area contributed by atoms with Crippen LogP contribution in [0.5, 0.6) is 5.75 Å². The minimum Gasteiger partial charge on any atom is -0.491 e. The molecule has 96 valence electrons. The molecule has 0 saturated carbocycles. The zero-order valence-corrected chi connectivity index (χ0v) is 11.7. The number of rotatable bonds is 6. The monoisotopic (exact) mass is 235 g/mol. The predicted molar refractivity (Wildman–Crippen MR) is 73.5 cm³/mol. The van der Waals surface area contributed by atoms with Crippen molar-refractivity contribution in [2.45, 2.75) is 46.8 Å². The van der Waals surface area contributed by atoms with Gasteiger partial charge in [-0.05, 0) is 39.3 Å². The van der Waals surface area contributed by atoms with E-state index in [9.17, 15) is 0 Å².